The first-order valence-corrected chi connectivity index (χ1v) is 16.8. The van der Waals surface area contributed by atoms with Crippen molar-refractivity contribution in [2.75, 3.05) is 98.7 Å². The van der Waals surface area contributed by atoms with Gasteiger partial charge in [-0.1, -0.05) is 0 Å². The topological polar surface area (TPSA) is 50.4 Å². The van der Waals surface area contributed by atoms with Crippen LogP contribution in [0.5, 0.6) is 0 Å². The van der Waals surface area contributed by atoms with E-state index in [4.69, 9.17) is 14.2 Å². The van der Waals surface area contributed by atoms with E-state index in [-0.39, 0.29) is 35.5 Å². The van der Waals surface area contributed by atoms with Crippen molar-refractivity contribution >= 4 is 0 Å². The second-order valence-corrected chi connectivity index (χ2v) is 16.5. The van der Waals surface area contributed by atoms with Gasteiger partial charge >= 0.3 is 0 Å². The molecule has 0 spiro atoms. The SMILES string of the molecule is CC(N(C)C)N(C)C.CC(N(C)C)N(C)C.CC(OC(C)(C)C)N(C)C.CC(OC(C)(C)C)N(C)C.CC(OC(C)(C)C)N(C)C. The predicted molar refractivity (Wildman–Crippen MR) is 206 cm³/mol. The Balaban J connectivity index is -0.000000153. The zero-order valence-corrected chi connectivity index (χ0v) is 36.7. The van der Waals surface area contributed by atoms with Gasteiger partial charge in [0.15, 0.2) is 0 Å². The van der Waals surface area contributed by atoms with Crippen LogP contribution < -0.4 is 0 Å². The van der Waals surface area contributed by atoms with Crippen molar-refractivity contribution in [2.24, 2.45) is 0 Å². The van der Waals surface area contributed by atoms with Crippen molar-refractivity contribution in [1.82, 2.24) is 34.3 Å². The van der Waals surface area contributed by atoms with E-state index in [2.05, 4.69) is 152 Å². The third-order valence-corrected chi connectivity index (χ3v) is 6.74. The summed E-state index contributed by atoms with van der Waals surface area (Å²) in [5.41, 5.74) is -0.114. The molecule has 10 nitrogen and oxygen atoms in total. The quantitative estimate of drug-likeness (QED) is 0.258. The fourth-order valence-electron chi connectivity index (χ4n) is 2.77. The summed E-state index contributed by atoms with van der Waals surface area (Å²) in [6.45, 7) is 29.0. The number of hydrogen-bond donors (Lipinski definition) is 0. The van der Waals surface area contributed by atoms with E-state index in [1.54, 1.807) is 0 Å². The van der Waals surface area contributed by atoms with Crippen LogP contribution in [0.3, 0.4) is 0 Å². The molecule has 46 heavy (non-hydrogen) atoms. The molecule has 0 N–H and O–H groups in total. The molecule has 0 aromatic heterocycles. The zero-order chi connectivity index (χ0) is 38.5. The molecule has 10 heteroatoms. The summed E-state index contributed by atoms with van der Waals surface area (Å²) in [6, 6.07) is 0. The Morgan fingerprint density at radius 2 is 0.413 bits per heavy atom. The number of rotatable bonds is 10. The Bertz CT molecular complexity index is 570. The van der Waals surface area contributed by atoms with Crippen LogP contribution >= 0.6 is 0 Å². The maximum absolute atomic E-state index is 5.62. The van der Waals surface area contributed by atoms with E-state index >= 15 is 0 Å². The molecule has 0 saturated carbocycles. The second-order valence-electron chi connectivity index (χ2n) is 16.5. The minimum atomic E-state index is -0.0380. The average molecular weight is 668 g/mol. The van der Waals surface area contributed by atoms with Crippen LogP contribution in [-0.4, -0.2) is 181 Å². The lowest BCUT2D eigenvalue weighted by Crippen LogP contribution is -2.37. The van der Waals surface area contributed by atoms with Gasteiger partial charge in [0, 0.05) is 0 Å². The first kappa shape index (κ1) is 55.0. The minimum absolute atomic E-state index is 0.0380. The fraction of sp³-hybridized carbons (Fsp3) is 1.00. The molecule has 0 aliphatic heterocycles. The molecule has 0 saturated heterocycles. The van der Waals surface area contributed by atoms with Crippen LogP contribution in [0.15, 0.2) is 0 Å². The monoisotopic (exact) mass is 668 g/mol. The molecule has 3 atom stereocenters. The highest BCUT2D eigenvalue weighted by molar-refractivity contribution is 4.63. The summed E-state index contributed by atoms with van der Waals surface area (Å²) in [5.74, 6) is 0. The van der Waals surface area contributed by atoms with Crippen LogP contribution in [0.2, 0.25) is 0 Å². The van der Waals surface area contributed by atoms with Crippen LogP contribution in [-0.2, 0) is 14.2 Å². The van der Waals surface area contributed by atoms with Crippen molar-refractivity contribution in [3.63, 3.8) is 0 Å². The second kappa shape index (κ2) is 26.5. The Hall–Kier alpha value is -0.400. The van der Waals surface area contributed by atoms with Gasteiger partial charge in [0.2, 0.25) is 0 Å². The van der Waals surface area contributed by atoms with E-state index in [0.717, 1.165) is 0 Å². The van der Waals surface area contributed by atoms with Gasteiger partial charge in [-0.05, 0) is 196 Å². The van der Waals surface area contributed by atoms with Crippen molar-refractivity contribution in [3.8, 4) is 0 Å². The highest BCUT2D eigenvalue weighted by Gasteiger charge is 2.17. The minimum Gasteiger partial charge on any atom is -0.358 e. The van der Waals surface area contributed by atoms with Crippen molar-refractivity contribution in [3.05, 3.63) is 0 Å². The van der Waals surface area contributed by atoms with Gasteiger partial charge in [0.25, 0.3) is 0 Å². The van der Waals surface area contributed by atoms with Gasteiger partial charge in [-0.3, -0.25) is 34.3 Å². The van der Waals surface area contributed by atoms with Gasteiger partial charge < -0.3 is 14.2 Å². The third kappa shape index (κ3) is 43.6. The first-order chi connectivity index (χ1) is 20.1. The summed E-state index contributed by atoms with van der Waals surface area (Å²) >= 11 is 0. The van der Waals surface area contributed by atoms with E-state index < -0.39 is 0 Å². The van der Waals surface area contributed by atoms with E-state index in [1.165, 1.54) is 0 Å². The molecule has 0 fully saturated rings. The molecule has 0 radical (unpaired) electrons. The summed E-state index contributed by atoms with van der Waals surface area (Å²) in [5, 5.41) is 0. The molecule has 0 aromatic rings. The molecule has 0 aromatic carbocycles. The number of hydrogen-bond acceptors (Lipinski definition) is 10. The van der Waals surface area contributed by atoms with E-state index in [9.17, 15) is 0 Å². The van der Waals surface area contributed by atoms with E-state index in [1.807, 2.05) is 77.8 Å². The zero-order valence-electron chi connectivity index (χ0n) is 36.7. The highest BCUT2D eigenvalue weighted by atomic mass is 16.5. The summed E-state index contributed by atoms with van der Waals surface area (Å²) in [4.78, 5) is 14.8. The largest absolute Gasteiger partial charge is 0.358 e. The Kier molecular flexibility index (Phi) is 31.7. The highest BCUT2D eigenvalue weighted by Crippen LogP contribution is 2.12. The molecule has 0 bridgehead atoms. The Morgan fingerprint density at radius 1 is 0.283 bits per heavy atom. The van der Waals surface area contributed by atoms with Crippen LogP contribution in [0.4, 0.5) is 0 Å². The molecule has 286 valence electrons. The molecule has 0 aliphatic rings. The van der Waals surface area contributed by atoms with Crippen molar-refractivity contribution < 1.29 is 14.2 Å². The lowest BCUT2D eigenvalue weighted by atomic mass is 10.2. The summed E-state index contributed by atoms with van der Waals surface area (Å²) < 4.78 is 16.9. The lowest BCUT2D eigenvalue weighted by Gasteiger charge is -2.29. The molecule has 0 amide bonds. The number of ether oxygens (including phenoxy) is 3. The molecular weight excluding hydrogens is 578 g/mol. The van der Waals surface area contributed by atoms with Gasteiger partial charge in [-0.15, -0.1) is 0 Å². The Morgan fingerprint density at radius 3 is 0.435 bits per heavy atom. The maximum atomic E-state index is 5.62. The smallest absolute Gasteiger partial charge is 0.107 e. The predicted octanol–water partition coefficient (Wildman–Crippen LogP) is 6.04. The first-order valence-electron chi connectivity index (χ1n) is 16.8. The molecular formula is C36H89N7O3. The van der Waals surface area contributed by atoms with Gasteiger partial charge in [0.05, 0.1) is 29.1 Å². The standard InChI is InChI=1S/3C8H19NO.2C6H16N2/c3*1-7(9(5)6)10-8(2,3)4;2*1-6(7(2)3)8(4)5/h3*7H,1-6H3;2*6H,1-5H3. The maximum Gasteiger partial charge on any atom is 0.107 e. The number of nitrogens with zero attached hydrogens (tertiary/aromatic N) is 7. The lowest BCUT2D eigenvalue weighted by molar-refractivity contribution is -0.108. The van der Waals surface area contributed by atoms with Gasteiger partial charge in [-0.25, -0.2) is 0 Å². The average Bonchev–Trinajstić information content (AvgIpc) is 2.81. The molecule has 3 unspecified atom stereocenters. The Labute approximate surface area is 291 Å². The molecule has 0 heterocycles. The fourth-order valence-corrected chi connectivity index (χ4v) is 2.77. The van der Waals surface area contributed by atoms with Crippen molar-refractivity contribution in [1.29, 1.82) is 0 Å². The van der Waals surface area contributed by atoms with Crippen molar-refractivity contribution in [2.45, 2.75) is 145 Å². The van der Waals surface area contributed by atoms with Crippen LogP contribution in [0.1, 0.15) is 96.9 Å². The van der Waals surface area contributed by atoms with E-state index in [0.29, 0.717) is 12.3 Å². The van der Waals surface area contributed by atoms with Crippen LogP contribution in [0, 0.1) is 0 Å². The summed E-state index contributed by atoms with van der Waals surface area (Å²) in [7, 11) is 28.7. The normalized spacial score (nSPS) is 14.5. The molecule has 0 rings (SSSR count). The third-order valence-electron chi connectivity index (χ3n) is 6.74. The van der Waals surface area contributed by atoms with Gasteiger partial charge in [-0.2, -0.15) is 0 Å². The summed E-state index contributed by atoms with van der Waals surface area (Å²) in [6.07, 6.45) is 1.66. The van der Waals surface area contributed by atoms with Gasteiger partial charge in [0.1, 0.15) is 18.7 Å². The van der Waals surface area contributed by atoms with Crippen LogP contribution in [0.25, 0.3) is 0 Å². The molecule has 0 aliphatic carbocycles.